The molecule has 2 saturated heterocycles. The Kier molecular flexibility index (Phi) is 8.20. The smallest absolute Gasteiger partial charge is 0.338 e. The van der Waals surface area contributed by atoms with Gasteiger partial charge in [-0.05, 0) is 19.3 Å². The van der Waals surface area contributed by atoms with Crippen molar-refractivity contribution in [2.45, 2.75) is 45.4 Å². The van der Waals surface area contributed by atoms with Crippen molar-refractivity contribution in [1.82, 2.24) is 18.8 Å². The van der Waals surface area contributed by atoms with E-state index in [9.17, 15) is 22.8 Å². The molecule has 12 heteroatoms. The van der Waals surface area contributed by atoms with Crippen molar-refractivity contribution in [3.05, 3.63) is 0 Å². The number of nitrogens with zero attached hydrogens (tertiary/aromatic N) is 3. The second-order valence-corrected chi connectivity index (χ2v) is 10.1. The fourth-order valence-corrected chi connectivity index (χ4v) is 4.34. The quantitative estimate of drug-likeness (QED) is 0.346. The van der Waals surface area contributed by atoms with E-state index in [1.165, 1.54) is 18.4 Å². The minimum absolute atomic E-state index is 0.135. The minimum atomic E-state index is -3.53. The summed E-state index contributed by atoms with van der Waals surface area (Å²) in [5, 5.41) is 2.69. The molecular formula is C18H32N4O7S. The van der Waals surface area contributed by atoms with Crippen LogP contribution in [-0.4, -0.2) is 105 Å². The van der Waals surface area contributed by atoms with E-state index in [-0.39, 0.29) is 44.6 Å². The van der Waals surface area contributed by atoms with Gasteiger partial charge in [0.1, 0.15) is 6.04 Å². The number of epoxide rings is 1. The molecular weight excluding hydrogens is 416 g/mol. The summed E-state index contributed by atoms with van der Waals surface area (Å²) < 4.78 is 36.9. The predicted molar refractivity (Wildman–Crippen MR) is 107 cm³/mol. The third-order valence-corrected chi connectivity index (χ3v) is 6.87. The molecule has 0 bridgehead atoms. The summed E-state index contributed by atoms with van der Waals surface area (Å²) in [6, 6.07) is -0.776. The summed E-state index contributed by atoms with van der Waals surface area (Å²) in [4.78, 5) is 38.7. The molecule has 0 aromatic heterocycles. The van der Waals surface area contributed by atoms with Crippen molar-refractivity contribution in [1.29, 1.82) is 0 Å². The zero-order chi connectivity index (χ0) is 22.6. The number of hydrogen-bond donors (Lipinski definition) is 1. The Morgan fingerprint density at radius 1 is 1.13 bits per heavy atom. The molecule has 2 aliphatic rings. The highest BCUT2D eigenvalue weighted by Crippen LogP contribution is 2.24. The standard InChI is InChI=1S/C18H32N4O7S/c1-6-28-18(25)15-14(29-15)16(23)19-13(11-12(2)3)17(24)21-7-9-22(10-8-21)30(26,27)20(4)5/h12-15H,6-11H2,1-5H3,(H,19,23)/t13-,14-,15-/m0/s1. The Morgan fingerprint density at radius 3 is 2.23 bits per heavy atom. The van der Waals surface area contributed by atoms with E-state index in [0.29, 0.717) is 6.42 Å². The molecule has 0 aromatic carbocycles. The number of amides is 2. The first-order chi connectivity index (χ1) is 14.0. The Labute approximate surface area is 177 Å². The minimum Gasteiger partial charge on any atom is -0.464 e. The van der Waals surface area contributed by atoms with Gasteiger partial charge < -0.3 is 19.7 Å². The molecule has 3 atom stereocenters. The number of nitrogens with one attached hydrogen (secondary N) is 1. The van der Waals surface area contributed by atoms with Gasteiger partial charge in [-0.1, -0.05) is 13.8 Å². The maximum Gasteiger partial charge on any atom is 0.338 e. The summed E-state index contributed by atoms with van der Waals surface area (Å²) in [5.74, 6) is -1.26. The van der Waals surface area contributed by atoms with E-state index in [2.05, 4.69) is 5.32 Å². The number of carbonyl (C=O) groups is 3. The average molecular weight is 449 g/mol. The lowest BCUT2D eigenvalue weighted by Crippen LogP contribution is -2.57. The Hall–Kier alpha value is -1.76. The third-order valence-electron chi connectivity index (χ3n) is 4.93. The molecule has 2 aliphatic heterocycles. The van der Waals surface area contributed by atoms with Gasteiger partial charge in [-0.3, -0.25) is 9.59 Å². The lowest BCUT2D eigenvalue weighted by Gasteiger charge is -2.37. The number of esters is 1. The molecule has 11 nitrogen and oxygen atoms in total. The number of rotatable bonds is 9. The molecule has 2 amide bonds. The lowest BCUT2D eigenvalue weighted by molar-refractivity contribution is -0.144. The maximum atomic E-state index is 13.0. The van der Waals surface area contributed by atoms with Crippen LogP contribution in [0.5, 0.6) is 0 Å². The molecule has 30 heavy (non-hydrogen) atoms. The van der Waals surface area contributed by atoms with Crippen molar-refractivity contribution in [3.8, 4) is 0 Å². The summed E-state index contributed by atoms with van der Waals surface area (Å²) in [5.41, 5.74) is 0. The van der Waals surface area contributed by atoms with Crippen molar-refractivity contribution in [2.24, 2.45) is 5.92 Å². The number of ether oxygens (including phenoxy) is 2. The van der Waals surface area contributed by atoms with Gasteiger partial charge in [0.15, 0.2) is 12.2 Å². The van der Waals surface area contributed by atoms with Gasteiger partial charge in [0.05, 0.1) is 6.61 Å². The fraction of sp³-hybridized carbons (Fsp3) is 0.833. The van der Waals surface area contributed by atoms with Crippen LogP contribution in [-0.2, 0) is 34.1 Å². The van der Waals surface area contributed by atoms with Crippen LogP contribution in [0.2, 0.25) is 0 Å². The molecule has 0 unspecified atom stereocenters. The van der Waals surface area contributed by atoms with Gasteiger partial charge in [0.2, 0.25) is 5.91 Å². The molecule has 0 spiro atoms. The van der Waals surface area contributed by atoms with Crippen LogP contribution in [0.25, 0.3) is 0 Å². The topological polar surface area (TPSA) is 129 Å². The van der Waals surface area contributed by atoms with Crippen LogP contribution >= 0.6 is 0 Å². The highest BCUT2D eigenvalue weighted by molar-refractivity contribution is 7.86. The second-order valence-electron chi connectivity index (χ2n) is 7.93. The van der Waals surface area contributed by atoms with E-state index in [0.717, 1.165) is 4.31 Å². The van der Waals surface area contributed by atoms with Gasteiger partial charge >= 0.3 is 5.97 Å². The maximum absolute atomic E-state index is 13.0. The lowest BCUT2D eigenvalue weighted by atomic mass is 10.0. The van der Waals surface area contributed by atoms with Crippen LogP contribution in [0, 0.1) is 5.92 Å². The second kappa shape index (κ2) is 10.0. The van der Waals surface area contributed by atoms with Crippen molar-refractivity contribution < 1.29 is 32.3 Å². The van der Waals surface area contributed by atoms with E-state index < -0.39 is 40.3 Å². The van der Waals surface area contributed by atoms with E-state index in [1.807, 2.05) is 13.8 Å². The molecule has 2 rings (SSSR count). The van der Waals surface area contributed by atoms with E-state index in [1.54, 1.807) is 11.8 Å². The van der Waals surface area contributed by atoms with Crippen LogP contribution in [0.1, 0.15) is 27.2 Å². The van der Waals surface area contributed by atoms with Crippen LogP contribution in [0.4, 0.5) is 0 Å². The molecule has 0 aliphatic carbocycles. The molecule has 0 aromatic rings. The summed E-state index contributed by atoms with van der Waals surface area (Å²) >= 11 is 0. The highest BCUT2D eigenvalue weighted by atomic mass is 32.2. The number of hydrogen-bond acceptors (Lipinski definition) is 7. The highest BCUT2D eigenvalue weighted by Gasteiger charge is 2.52. The fourth-order valence-electron chi connectivity index (χ4n) is 3.25. The SMILES string of the molecule is CCOC(=O)[C@H]1O[C@@H]1C(=O)N[C@@H](CC(C)C)C(=O)N1CCN(S(=O)(=O)N(C)C)CC1. The first-order valence-electron chi connectivity index (χ1n) is 10.1. The van der Waals surface area contributed by atoms with Crippen LogP contribution < -0.4 is 5.32 Å². The summed E-state index contributed by atoms with van der Waals surface area (Å²) in [7, 11) is -0.605. The zero-order valence-electron chi connectivity index (χ0n) is 18.2. The monoisotopic (exact) mass is 448 g/mol. The zero-order valence-corrected chi connectivity index (χ0v) is 19.0. The largest absolute Gasteiger partial charge is 0.464 e. The van der Waals surface area contributed by atoms with Gasteiger partial charge in [-0.25, -0.2) is 4.79 Å². The predicted octanol–water partition coefficient (Wildman–Crippen LogP) is -1.20. The van der Waals surface area contributed by atoms with Gasteiger partial charge in [0.25, 0.3) is 16.1 Å². The Balaban J connectivity index is 1.96. The van der Waals surface area contributed by atoms with Crippen LogP contribution in [0.15, 0.2) is 0 Å². The molecule has 2 heterocycles. The molecule has 0 saturated carbocycles. The summed E-state index contributed by atoms with van der Waals surface area (Å²) in [6.45, 7) is 6.57. The van der Waals surface area contributed by atoms with Gasteiger partial charge in [-0.15, -0.1) is 0 Å². The van der Waals surface area contributed by atoms with Gasteiger partial charge in [0, 0.05) is 40.3 Å². The first-order valence-corrected chi connectivity index (χ1v) is 11.5. The molecule has 2 fully saturated rings. The molecule has 0 radical (unpaired) electrons. The number of carbonyl (C=O) groups excluding carboxylic acids is 3. The van der Waals surface area contributed by atoms with Crippen molar-refractivity contribution in [2.75, 3.05) is 46.9 Å². The third kappa shape index (κ3) is 5.90. The van der Waals surface area contributed by atoms with Gasteiger partial charge in [-0.2, -0.15) is 17.0 Å². The molecule has 1 N–H and O–H groups in total. The van der Waals surface area contributed by atoms with Crippen molar-refractivity contribution >= 4 is 28.0 Å². The number of piperazine rings is 1. The van der Waals surface area contributed by atoms with Crippen molar-refractivity contribution in [3.63, 3.8) is 0 Å². The Bertz CT molecular complexity index is 748. The Morgan fingerprint density at radius 2 is 1.73 bits per heavy atom. The first kappa shape index (κ1) is 24.5. The van der Waals surface area contributed by atoms with E-state index >= 15 is 0 Å². The average Bonchev–Trinajstić information content (AvgIpc) is 3.48. The normalized spacial score (nSPS) is 23.4. The summed E-state index contributed by atoms with van der Waals surface area (Å²) in [6.07, 6.45) is -1.47. The molecule has 172 valence electrons. The van der Waals surface area contributed by atoms with Crippen LogP contribution in [0.3, 0.4) is 0 Å². The van der Waals surface area contributed by atoms with E-state index in [4.69, 9.17) is 9.47 Å².